The summed E-state index contributed by atoms with van der Waals surface area (Å²) < 4.78 is 10.3. The molecule has 4 rings (SSSR count). The van der Waals surface area contributed by atoms with Gasteiger partial charge in [0.15, 0.2) is 11.3 Å². The lowest BCUT2D eigenvalue weighted by molar-refractivity contribution is -0.994. The van der Waals surface area contributed by atoms with Crippen LogP contribution in [-0.4, -0.2) is 43.5 Å². The van der Waals surface area contributed by atoms with Crippen molar-refractivity contribution in [1.82, 2.24) is 0 Å². The molecule has 162 valence electrons. The van der Waals surface area contributed by atoms with Gasteiger partial charge in [-0.15, -0.1) is 0 Å². The molecule has 1 aliphatic rings. The van der Waals surface area contributed by atoms with Crippen LogP contribution in [0.2, 0.25) is 0 Å². The molecule has 0 radical (unpaired) electrons. The summed E-state index contributed by atoms with van der Waals surface area (Å²) in [6.07, 6.45) is 0. The number of quaternary nitrogens is 2. The molecule has 2 aromatic carbocycles. The minimum Gasteiger partial charge on any atom is -1.00 e. The lowest BCUT2D eigenvalue weighted by atomic mass is 10.1. The molecule has 0 amide bonds. The molecular formula is C21H24Cl2N2O5. The fourth-order valence-corrected chi connectivity index (χ4v) is 3.88. The molecule has 0 spiro atoms. The van der Waals surface area contributed by atoms with Gasteiger partial charge in [-0.2, -0.15) is 0 Å². The van der Waals surface area contributed by atoms with Crippen LogP contribution < -0.4 is 45.0 Å². The third-order valence-corrected chi connectivity index (χ3v) is 5.45. The van der Waals surface area contributed by atoms with Gasteiger partial charge in [-0.1, -0.05) is 0 Å². The smallest absolute Gasteiger partial charge is 0.336 e. The number of halogens is 2. The first-order valence-electron chi connectivity index (χ1n) is 9.35. The molecule has 0 unspecified atom stereocenters. The van der Waals surface area contributed by atoms with Crippen LogP contribution in [0.5, 0.6) is 17.2 Å². The molecule has 0 aliphatic carbocycles. The lowest BCUT2D eigenvalue weighted by Gasteiger charge is -2.29. The fourth-order valence-electron chi connectivity index (χ4n) is 3.88. The van der Waals surface area contributed by atoms with Crippen LogP contribution in [0, 0.1) is 0 Å². The SMILES string of the molecule is COc1ccc([NH+]2CC[NH+](Cc3cc(=O)oc4c(O)c(O)ccc34)CC2)cc1.[Cl-].[Cl-]. The molecule has 7 nitrogen and oxygen atoms in total. The summed E-state index contributed by atoms with van der Waals surface area (Å²) in [7, 11) is 1.67. The zero-order valence-electron chi connectivity index (χ0n) is 16.5. The van der Waals surface area contributed by atoms with Crippen LogP contribution in [0.4, 0.5) is 5.69 Å². The number of rotatable bonds is 4. The number of aromatic hydroxyl groups is 2. The Balaban J connectivity index is 0.00000160. The van der Waals surface area contributed by atoms with E-state index >= 15 is 0 Å². The quantitative estimate of drug-likeness (QED) is 0.233. The summed E-state index contributed by atoms with van der Waals surface area (Å²) in [5, 5.41) is 20.3. The lowest BCUT2D eigenvalue weighted by Crippen LogP contribution is -3.25. The van der Waals surface area contributed by atoms with Crippen LogP contribution in [0.1, 0.15) is 5.56 Å². The number of phenolic OH excluding ortho intramolecular Hbond substituents is 2. The molecule has 9 heteroatoms. The minimum atomic E-state index is -0.523. The molecule has 0 bridgehead atoms. The highest BCUT2D eigenvalue weighted by Gasteiger charge is 2.25. The van der Waals surface area contributed by atoms with E-state index in [1.54, 1.807) is 13.2 Å². The van der Waals surface area contributed by atoms with Crippen molar-refractivity contribution in [3.05, 3.63) is 58.4 Å². The Labute approximate surface area is 186 Å². The van der Waals surface area contributed by atoms with Crippen molar-refractivity contribution in [3.8, 4) is 17.2 Å². The Morgan fingerprint density at radius 2 is 1.67 bits per heavy atom. The van der Waals surface area contributed by atoms with Gasteiger partial charge < -0.3 is 49.1 Å². The van der Waals surface area contributed by atoms with Gasteiger partial charge in [0.05, 0.1) is 7.11 Å². The van der Waals surface area contributed by atoms with Gasteiger partial charge in [-0.3, -0.25) is 4.90 Å². The highest BCUT2D eigenvalue weighted by Crippen LogP contribution is 2.33. The summed E-state index contributed by atoms with van der Waals surface area (Å²) in [6.45, 7) is 4.59. The van der Waals surface area contributed by atoms with Crippen LogP contribution >= 0.6 is 0 Å². The summed E-state index contributed by atoms with van der Waals surface area (Å²) in [5.74, 6) is 0.175. The van der Waals surface area contributed by atoms with E-state index in [2.05, 4.69) is 12.1 Å². The second kappa shape index (κ2) is 10.0. The highest BCUT2D eigenvalue weighted by molar-refractivity contribution is 5.87. The molecule has 0 atom stereocenters. The number of fused-ring (bicyclic) bond motifs is 1. The molecule has 30 heavy (non-hydrogen) atoms. The van der Waals surface area contributed by atoms with E-state index < -0.39 is 5.63 Å². The van der Waals surface area contributed by atoms with E-state index in [1.807, 2.05) is 12.1 Å². The fraction of sp³-hybridized carbons (Fsp3) is 0.286. The molecule has 1 saturated heterocycles. The van der Waals surface area contributed by atoms with Crippen LogP contribution in [-0.2, 0) is 6.54 Å². The van der Waals surface area contributed by atoms with Gasteiger partial charge in [0.25, 0.3) is 0 Å². The largest absolute Gasteiger partial charge is 1.00 e. The Bertz CT molecular complexity index is 1050. The topological polar surface area (TPSA) is 88.8 Å². The molecule has 3 aromatic rings. The molecule has 2 heterocycles. The Kier molecular flexibility index (Phi) is 7.97. The maximum Gasteiger partial charge on any atom is 0.336 e. The third kappa shape index (κ3) is 4.82. The molecular weight excluding hydrogens is 431 g/mol. The van der Waals surface area contributed by atoms with Crippen molar-refractivity contribution in [2.45, 2.75) is 6.54 Å². The van der Waals surface area contributed by atoms with E-state index in [0.29, 0.717) is 11.9 Å². The van der Waals surface area contributed by atoms with Gasteiger partial charge in [0.2, 0.25) is 5.75 Å². The highest BCUT2D eigenvalue weighted by atomic mass is 35.5. The number of methoxy groups -OCH3 is 1. The van der Waals surface area contributed by atoms with E-state index in [-0.39, 0.29) is 41.9 Å². The van der Waals surface area contributed by atoms with Gasteiger partial charge in [0, 0.05) is 29.1 Å². The maximum absolute atomic E-state index is 11.9. The number of hydrogen-bond acceptors (Lipinski definition) is 5. The summed E-state index contributed by atoms with van der Waals surface area (Å²) in [6, 6.07) is 12.8. The van der Waals surface area contributed by atoms with Crippen molar-refractivity contribution < 1.29 is 54.0 Å². The first kappa shape index (κ1) is 23.8. The zero-order chi connectivity index (χ0) is 19.7. The van der Waals surface area contributed by atoms with E-state index in [4.69, 9.17) is 9.15 Å². The average molecular weight is 455 g/mol. The molecule has 1 fully saturated rings. The number of nitrogens with one attached hydrogen (secondary N) is 2. The Morgan fingerprint density at radius 3 is 2.30 bits per heavy atom. The molecule has 0 saturated carbocycles. The van der Waals surface area contributed by atoms with Gasteiger partial charge in [0.1, 0.15) is 44.2 Å². The summed E-state index contributed by atoms with van der Waals surface area (Å²) in [5.41, 5.74) is 1.60. The van der Waals surface area contributed by atoms with Crippen molar-refractivity contribution in [2.24, 2.45) is 0 Å². The minimum absolute atomic E-state index is 0. The average Bonchev–Trinajstić information content (AvgIpc) is 2.72. The van der Waals surface area contributed by atoms with Gasteiger partial charge in [-0.05, 0) is 24.3 Å². The van der Waals surface area contributed by atoms with Gasteiger partial charge in [-0.25, -0.2) is 4.79 Å². The third-order valence-electron chi connectivity index (χ3n) is 5.45. The zero-order valence-corrected chi connectivity index (χ0v) is 18.0. The number of ether oxygens (including phenoxy) is 1. The monoisotopic (exact) mass is 454 g/mol. The van der Waals surface area contributed by atoms with Crippen LogP contribution in [0.25, 0.3) is 11.0 Å². The second-order valence-corrected chi connectivity index (χ2v) is 7.16. The van der Waals surface area contributed by atoms with Gasteiger partial charge >= 0.3 is 5.63 Å². The maximum atomic E-state index is 11.9. The van der Waals surface area contributed by atoms with Crippen LogP contribution in [0.3, 0.4) is 0 Å². The van der Waals surface area contributed by atoms with E-state index in [9.17, 15) is 15.0 Å². The predicted octanol–water partition coefficient (Wildman–Crippen LogP) is -6.16. The molecule has 4 N–H and O–H groups in total. The first-order chi connectivity index (χ1) is 13.5. The Hall–Kier alpha value is -2.45. The first-order valence-corrected chi connectivity index (χ1v) is 9.35. The number of hydrogen-bond donors (Lipinski definition) is 4. The summed E-state index contributed by atoms with van der Waals surface area (Å²) in [4.78, 5) is 14.7. The normalized spacial score (nSPS) is 18.3. The van der Waals surface area contributed by atoms with Crippen molar-refractivity contribution >= 4 is 16.7 Å². The van der Waals surface area contributed by atoms with Crippen molar-refractivity contribution in [1.29, 1.82) is 0 Å². The summed E-state index contributed by atoms with van der Waals surface area (Å²) >= 11 is 0. The van der Waals surface area contributed by atoms with Crippen molar-refractivity contribution in [2.75, 3.05) is 33.3 Å². The standard InChI is InChI=1S/C21H22N2O5.2ClH/c1-27-16-4-2-15(3-5-16)23-10-8-22(9-11-23)13-14-12-19(25)28-21-17(14)6-7-18(24)20(21)26;;/h2-7,12,24,26H,8-11,13H2,1H3;2*1H. The second-order valence-electron chi connectivity index (χ2n) is 7.16. The number of benzene rings is 2. The number of phenols is 2. The predicted molar refractivity (Wildman–Crippen MR) is 104 cm³/mol. The van der Waals surface area contributed by atoms with E-state index in [1.165, 1.54) is 27.6 Å². The molecule has 1 aliphatic heterocycles. The van der Waals surface area contributed by atoms with Crippen LogP contribution in [0.15, 0.2) is 51.7 Å². The van der Waals surface area contributed by atoms with E-state index in [0.717, 1.165) is 37.5 Å². The number of piperazine rings is 1. The Morgan fingerprint density at radius 1 is 1.00 bits per heavy atom. The van der Waals surface area contributed by atoms with Crippen molar-refractivity contribution in [3.63, 3.8) is 0 Å². The molecule has 1 aromatic heterocycles.